The van der Waals surface area contributed by atoms with Gasteiger partial charge >= 0.3 is 0 Å². The van der Waals surface area contributed by atoms with Gasteiger partial charge in [0.1, 0.15) is 5.02 Å². The van der Waals surface area contributed by atoms with Crippen molar-refractivity contribution in [3.05, 3.63) is 33.3 Å². The summed E-state index contributed by atoms with van der Waals surface area (Å²) < 4.78 is 26.1. The van der Waals surface area contributed by atoms with E-state index in [1.807, 2.05) is 0 Å². The summed E-state index contributed by atoms with van der Waals surface area (Å²) in [6, 6.07) is 3.28. The topological polar surface area (TPSA) is 115 Å². The van der Waals surface area contributed by atoms with Crippen LogP contribution < -0.4 is 10.5 Å². The molecule has 0 saturated heterocycles. The lowest BCUT2D eigenvalue weighted by Gasteiger charge is -2.18. The van der Waals surface area contributed by atoms with Crippen LogP contribution in [0.1, 0.15) is 13.8 Å². The maximum absolute atomic E-state index is 11.9. The third-order valence-corrected chi connectivity index (χ3v) is 3.86. The van der Waals surface area contributed by atoms with E-state index in [-0.39, 0.29) is 16.5 Å². The largest absolute Gasteiger partial charge is 0.324 e. The summed E-state index contributed by atoms with van der Waals surface area (Å²) in [5.74, 6) is 0. The molecule has 0 unspecified atom stereocenters. The fraction of sp³-hybridized carbons (Fsp3) is 0.400. The summed E-state index contributed by atoms with van der Waals surface area (Å²) in [5.41, 5.74) is 4.47. The van der Waals surface area contributed by atoms with Crippen LogP contribution in [0.15, 0.2) is 23.1 Å². The van der Waals surface area contributed by atoms with Crippen molar-refractivity contribution in [1.82, 2.24) is 4.72 Å². The molecule has 0 radical (unpaired) electrons. The number of nitro groups is 1. The first-order chi connectivity index (χ1) is 8.53. The van der Waals surface area contributed by atoms with E-state index < -0.39 is 26.2 Å². The van der Waals surface area contributed by atoms with E-state index in [4.69, 9.17) is 17.3 Å². The zero-order valence-corrected chi connectivity index (χ0v) is 12.0. The predicted molar refractivity (Wildman–Crippen MR) is 71.6 cm³/mol. The van der Waals surface area contributed by atoms with Crippen LogP contribution in [0.5, 0.6) is 0 Å². The van der Waals surface area contributed by atoms with Gasteiger partial charge in [-0.3, -0.25) is 10.1 Å². The maximum atomic E-state index is 11.9. The van der Waals surface area contributed by atoms with Gasteiger partial charge in [-0.25, -0.2) is 13.1 Å². The van der Waals surface area contributed by atoms with E-state index in [0.29, 0.717) is 0 Å². The van der Waals surface area contributed by atoms with Crippen LogP contribution >= 0.6 is 11.6 Å². The molecule has 3 N–H and O–H groups in total. The van der Waals surface area contributed by atoms with E-state index in [0.717, 1.165) is 6.07 Å². The van der Waals surface area contributed by atoms with E-state index in [2.05, 4.69) is 4.72 Å². The molecule has 0 aliphatic rings. The summed E-state index contributed by atoms with van der Waals surface area (Å²) in [4.78, 5) is 9.73. The van der Waals surface area contributed by atoms with Crippen molar-refractivity contribution in [1.29, 1.82) is 0 Å². The van der Waals surface area contributed by atoms with Crippen LogP contribution in [0, 0.1) is 10.1 Å². The molecule has 0 spiro atoms. The number of nitro benzene ring substituents is 1. The second-order valence-corrected chi connectivity index (χ2v) is 6.86. The fourth-order valence-electron chi connectivity index (χ4n) is 1.16. The molecule has 0 fully saturated rings. The molecule has 0 saturated carbocycles. The van der Waals surface area contributed by atoms with Gasteiger partial charge in [0.05, 0.1) is 9.82 Å². The highest BCUT2D eigenvalue weighted by Crippen LogP contribution is 2.26. The van der Waals surface area contributed by atoms with Gasteiger partial charge in [0, 0.05) is 18.2 Å². The van der Waals surface area contributed by atoms with Gasteiger partial charge in [0.15, 0.2) is 0 Å². The Morgan fingerprint density at radius 2 is 2.05 bits per heavy atom. The molecule has 0 atom stereocenters. The Balaban J connectivity index is 3.09. The number of hydrogen-bond donors (Lipinski definition) is 2. The number of nitrogens with two attached hydrogens (primary N) is 1. The van der Waals surface area contributed by atoms with Crippen molar-refractivity contribution in [2.45, 2.75) is 24.3 Å². The Morgan fingerprint density at radius 3 is 2.53 bits per heavy atom. The van der Waals surface area contributed by atoms with Crippen LogP contribution in [0.4, 0.5) is 5.69 Å². The normalized spacial score (nSPS) is 12.4. The zero-order valence-electron chi connectivity index (χ0n) is 10.4. The van der Waals surface area contributed by atoms with Gasteiger partial charge in [-0.15, -0.1) is 0 Å². The highest BCUT2D eigenvalue weighted by atomic mass is 35.5. The van der Waals surface area contributed by atoms with Gasteiger partial charge in [0.2, 0.25) is 10.0 Å². The van der Waals surface area contributed by atoms with Crippen molar-refractivity contribution in [2.75, 3.05) is 6.54 Å². The Morgan fingerprint density at radius 1 is 1.47 bits per heavy atom. The molecule has 1 rings (SSSR count). The minimum Gasteiger partial charge on any atom is -0.324 e. The van der Waals surface area contributed by atoms with Crippen molar-refractivity contribution in [3.8, 4) is 0 Å². The first-order valence-electron chi connectivity index (χ1n) is 5.25. The molecule has 0 aromatic heterocycles. The number of sulfonamides is 1. The van der Waals surface area contributed by atoms with E-state index in [1.165, 1.54) is 12.1 Å². The molecule has 0 aliphatic carbocycles. The monoisotopic (exact) mass is 307 g/mol. The Bertz CT molecular complexity index is 595. The highest BCUT2D eigenvalue weighted by molar-refractivity contribution is 7.89. The lowest BCUT2D eigenvalue weighted by Crippen LogP contribution is -2.45. The molecule has 19 heavy (non-hydrogen) atoms. The second kappa shape index (κ2) is 5.41. The van der Waals surface area contributed by atoms with Crippen LogP contribution in [-0.4, -0.2) is 25.4 Å². The molecular weight excluding hydrogens is 294 g/mol. The third-order valence-electron chi connectivity index (χ3n) is 2.14. The smallest absolute Gasteiger partial charge is 0.289 e. The van der Waals surface area contributed by atoms with Gasteiger partial charge in [-0.05, 0) is 26.0 Å². The zero-order chi connectivity index (χ0) is 14.8. The van der Waals surface area contributed by atoms with E-state index in [1.54, 1.807) is 13.8 Å². The summed E-state index contributed by atoms with van der Waals surface area (Å²) in [5, 5.41) is 10.6. The average Bonchev–Trinajstić information content (AvgIpc) is 2.25. The van der Waals surface area contributed by atoms with E-state index >= 15 is 0 Å². The summed E-state index contributed by atoms with van der Waals surface area (Å²) in [6.07, 6.45) is 0. The number of nitrogens with one attached hydrogen (secondary N) is 1. The first-order valence-corrected chi connectivity index (χ1v) is 7.11. The molecule has 7 nitrogen and oxygen atoms in total. The van der Waals surface area contributed by atoms with Gasteiger partial charge in [-0.1, -0.05) is 11.6 Å². The molecule has 0 bridgehead atoms. The summed E-state index contributed by atoms with van der Waals surface area (Å²) in [7, 11) is -3.86. The average molecular weight is 308 g/mol. The predicted octanol–water partition coefficient (Wildman–Crippen LogP) is 1.26. The van der Waals surface area contributed by atoms with Crippen molar-refractivity contribution in [2.24, 2.45) is 5.73 Å². The quantitative estimate of drug-likeness (QED) is 0.627. The molecule has 1 aromatic carbocycles. The van der Waals surface area contributed by atoms with Gasteiger partial charge in [-0.2, -0.15) is 0 Å². The number of halogens is 1. The number of benzene rings is 1. The van der Waals surface area contributed by atoms with Gasteiger partial charge < -0.3 is 5.73 Å². The maximum Gasteiger partial charge on any atom is 0.289 e. The Hall–Kier alpha value is -1.22. The van der Waals surface area contributed by atoms with Crippen molar-refractivity contribution < 1.29 is 13.3 Å². The number of rotatable bonds is 5. The summed E-state index contributed by atoms with van der Waals surface area (Å²) in [6.45, 7) is 3.31. The fourth-order valence-corrected chi connectivity index (χ4v) is 2.59. The lowest BCUT2D eigenvalue weighted by molar-refractivity contribution is -0.384. The molecule has 9 heteroatoms. The standard InChI is InChI=1S/C10H14ClN3O4S/c1-10(2,12)6-13-19(17,18)7-3-4-8(11)9(5-7)14(15)16/h3-5,13H,6,12H2,1-2H3. The molecule has 106 valence electrons. The Labute approximate surface area is 115 Å². The van der Waals surface area contributed by atoms with E-state index in [9.17, 15) is 18.5 Å². The summed E-state index contributed by atoms with van der Waals surface area (Å²) >= 11 is 5.61. The Kier molecular flexibility index (Phi) is 4.51. The van der Waals surface area contributed by atoms with Crippen LogP contribution in [0.2, 0.25) is 5.02 Å². The van der Waals surface area contributed by atoms with Crippen molar-refractivity contribution >= 4 is 27.3 Å². The second-order valence-electron chi connectivity index (χ2n) is 4.68. The lowest BCUT2D eigenvalue weighted by atomic mass is 10.1. The third kappa shape index (κ3) is 4.43. The molecule has 0 amide bonds. The van der Waals surface area contributed by atoms with Crippen molar-refractivity contribution in [3.63, 3.8) is 0 Å². The number of hydrogen-bond acceptors (Lipinski definition) is 5. The molecule has 0 heterocycles. The molecular formula is C10H14ClN3O4S. The van der Waals surface area contributed by atoms with Crippen LogP contribution in [0.25, 0.3) is 0 Å². The molecule has 0 aliphatic heterocycles. The van der Waals surface area contributed by atoms with Crippen LogP contribution in [0.3, 0.4) is 0 Å². The minimum absolute atomic E-state index is 0.00571. The first kappa shape index (κ1) is 15.8. The molecule has 1 aromatic rings. The minimum atomic E-state index is -3.86. The van der Waals surface area contributed by atoms with Gasteiger partial charge in [0.25, 0.3) is 5.69 Å². The SMILES string of the molecule is CC(C)(N)CNS(=O)(=O)c1ccc(Cl)c([N+](=O)[O-])c1. The highest BCUT2D eigenvalue weighted by Gasteiger charge is 2.22. The van der Waals surface area contributed by atoms with Crippen LogP contribution in [-0.2, 0) is 10.0 Å². The number of nitrogens with zero attached hydrogens (tertiary/aromatic N) is 1.